The maximum Gasteiger partial charge on any atom is 0.254 e. The van der Waals surface area contributed by atoms with Gasteiger partial charge in [-0.1, -0.05) is 23.2 Å². The molecule has 2 fully saturated rings. The molecular weight excluding hydrogens is 442 g/mol. The van der Waals surface area contributed by atoms with E-state index < -0.39 is 0 Å². The molecule has 4 rings (SSSR count). The summed E-state index contributed by atoms with van der Waals surface area (Å²) in [7, 11) is 0. The average molecular weight is 465 g/mol. The van der Waals surface area contributed by atoms with Gasteiger partial charge in [-0.05, 0) is 61.2 Å². The molecule has 2 aromatic carbocycles. The Morgan fingerprint density at radius 2 is 1.74 bits per heavy atom. The lowest BCUT2D eigenvalue weighted by Crippen LogP contribution is -2.51. The second-order valence-corrected chi connectivity index (χ2v) is 8.85. The number of rotatable bonds is 6. The fourth-order valence-electron chi connectivity index (χ4n) is 3.70. The Morgan fingerprint density at radius 3 is 2.42 bits per heavy atom. The molecule has 2 aromatic rings. The Kier molecular flexibility index (Phi) is 6.80. The van der Waals surface area contributed by atoms with Crippen molar-refractivity contribution >= 4 is 35.0 Å². The van der Waals surface area contributed by atoms with Crippen LogP contribution in [0.5, 0.6) is 0 Å². The van der Waals surface area contributed by atoms with E-state index in [1.807, 2.05) is 0 Å². The highest BCUT2D eigenvalue weighted by Gasteiger charge is 2.32. The summed E-state index contributed by atoms with van der Waals surface area (Å²) in [4.78, 5) is 29.4. The zero-order chi connectivity index (χ0) is 22.0. The molecular formula is C23H23Cl2FN2O3. The average Bonchev–Trinajstić information content (AvgIpc) is 3.59. The predicted molar refractivity (Wildman–Crippen MR) is 117 cm³/mol. The molecule has 1 unspecified atom stereocenters. The van der Waals surface area contributed by atoms with Gasteiger partial charge in [0.2, 0.25) is 0 Å². The van der Waals surface area contributed by atoms with Gasteiger partial charge in [0.05, 0.1) is 22.8 Å². The molecule has 164 valence electrons. The number of benzene rings is 2. The molecule has 1 saturated carbocycles. The van der Waals surface area contributed by atoms with Gasteiger partial charge >= 0.3 is 0 Å². The van der Waals surface area contributed by atoms with Gasteiger partial charge in [0.15, 0.2) is 0 Å². The minimum Gasteiger partial charge on any atom is -0.373 e. The molecule has 1 aliphatic heterocycles. The number of halogens is 3. The van der Waals surface area contributed by atoms with Crippen molar-refractivity contribution in [2.75, 3.05) is 32.8 Å². The van der Waals surface area contributed by atoms with Gasteiger partial charge in [-0.3, -0.25) is 9.59 Å². The van der Waals surface area contributed by atoms with Crippen molar-refractivity contribution in [3.63, 3.8) is 0 Å². The quantitative estimate of drug-likeness (QED) is 0.630. The smallest absolute Gasteiger partial charge is 0.254 e. The van der Waals surface area contributed by atoms with E-state index in [0.29, 0.717) is 59.9 Å². The third-order valence-corrected chi connectivity index (χ3v) is 6.31. The molecule has 2 aliphatic rings. The fraction of sp³-hybridized carbons (Fsp3) is 0.391. The minimum absolute atomic E-state index is 0.148. The van der Waals surface area contributed by atoms with Gasteiger partial charge in [0, 0.05) is 37.3 Å². The van der Waals surface area contributed by atoms with Crippen LogP contribution in [-0.2, 0) is 4.74 Å². The van der Waals surface area contributed by atoms with Gasteiger partial charge in [-0.15, -0.1) is 0 Å². The predicted octanol–water partition coefficient (Wildman–Crippen LogP) is 4.53. The molecule has 5 nitrogen and oxygen atoms in total. The summed E-state index contributed by atoms with van der Waals surface area (Å²) in [6, 6.07) is 10.4. The normalized spacial score (nSPS) is 18.7. The highest BCUT2D eigenvalue weighted by atomic mass is 35.5. The van der Waals surface area contributed by atoms with E-state index in [0.717, 1.165) is 12.8 Å². The van der Waals surface area contributed by atoms with Gasteiger partial charge in [-0.25, -0.2) is 4.39 Å². The Balaban J connectivity index is 1.44. The molecule has 2 amide bonds. The first-order valence-corrected chi connectivity index (χ1v) is 11.1. The van der Waals surface area contributed by atoms with E-state index in [9.17, 15) is 14.0 Å². The first-order chi connectivity index (χ1) is 14.9. The highest BCUT2D eigenvalue weighted by Crippen LogP contribution is 2.30. The maximum atomic E-state index is 13.3. The summed E-state index contributed by atoms with van der Waals surface area (Å²) in [6.45, 7) is 2.23. The van der Waals surface area contributed by atoms with Crippen molar-refractivity contribution in [2.24, 2.45) is 5.92 Å². The third-order valence-electron chi connectivity index (χ3n) is 5.57. The van der Waals surface area contributed by atoms with E-state index >= 15 is 0 Å². The monoisotopic (exact) mass is 464 g/mol. The number of ether oxygens (including phenoxy) is 1. The zero-order valence-electron chi connectivity index (χ0n) is 16.9. The summed E-state index contributed by atoms with van der Waals surface area (Å²) in [5, 5.41) is 0.728. The van der Waals surface area contributed by atoms with Crippen LogP contribution in [0.3, 0.4) is 0 Å². The second-order valence-electron chi connectivity index (χ2n) is 8.03. The summed E-state index contributed by atoms with van der Waals surface area (Å²) in [5.41, 5.74) is 0.911. The molecule has 1 atom stereocenters. The topological polar surface area (TPSA) is 49.9 Å². The van der Waals surface area contributed by atoms with Crippen LogP contribution in [0.15, 0.2) is 42.5 Å². The van der Waals surface area contributed by atoms with Crippen molar-refractivity contribution in [3.05, 3.63) is 69.5 Å². The number of hydrogen-bond acceptors (Lipinski definition) is 3. The first-order valence-electron chi connectivity index (χ1n) is 10.3. The molecule has 0 spiro atoms. The Bertz CT molecular complexity index is 966. The summed E-state index contributed by atoms with van der Waals surface area (Å²) in [6.07, 6.45) is 1.89. The molecule has 31 heavy (non-hydrogen) atoms. The van der Waals surface area contributed by atoms with Crippen molar-refractivity contribution in [1.29, 1.82) is 0 Å². The third kappa shape index (κ3) is 5.56. The van der Waals surface area contributed by atoms with E-state index in [-0.39, 0.29) is 23.7 Å². The Hall–Kier alpha value is -2.15. The van der Waals surface area contributed by atoms with E-state index in [2.05, 4.69) is 0 Å². The number of carbonyl (C=O) groups excluding carboxylic acids is 2. The highest BCUT2D eigenvalue weighted by molar-refractivity contribution is 6.42. The molecule has 1 heterocycles. The molecule has 0 N–H and O–H groups in total. The summed E-state index contributed by atoms with van der Waals surface area (Å²) >= 11 is 12.0. The fourth-order valence-corrected chi connectivity index (χ4v) is 4.00. The standard InChI is InChI=1S/C23H23Cl2FN2O3/c24-20-8-5-17(11-21(20)25)23(30)27-9-10-31-19(13-27)14-28(12-15-1-2-15)22(29)16-3-6-18(26)7-4-16/h3-8,11,15,19H,1-2,9-10,12-14H2. The van der Waals surface area contributed by atoms with Gasteiger partial charge in [-0.2, -0.15) is 0 Å². The Labute approximate surface area is 190 Å². The number of amides is 2. The molecule has 8 heteroatoms. The SMILES string of the molecule is O=C(c1ccc(Cl)c(Cl)c1)N1CCOC(CN(CC2CC2)C(=O)c2ccc(F)cc2)C1. The molecule has 1 saturated heterocycles. The first kappa shape index (κ1) is 22.1. The van der Waals surface area contributed by atoms with Crippen LogP contribution in [0.25, 0.3) is 0 Å². The molecule has 0 aromatic heterocycles. The van der Waals surface area contributed by atoms with Crippen LogP contribution >= 0.6 is 23.2 Å². The van der Waals surface area contributed by atoms with Crippen LogP contribution in [0.1, 0.15) is 33.6 Å². The van der Waals surface area contributed by atoms with Crippen molar-refractivity contribution in [1.82, 2.24) is 9.80 Å². The number of hydrogen-bond donors (Lipinski definition) is 0. The van der Waals surface area contributed by atoms with Crippen LogP contribution in [0.4, 0.5) is 4.39 Å². The van der Waals surface area contributed by atoms with Crippen molar-refractivity contribution < 1.29 is 18.7 Å². The van der Waals surface area contributed by atoms with Crippen LogP contribution in [0, 0.1) is 11.7 Å². The summed E-state index contributed by atoms with van der Waals surface area (Å²) in [5.74, 6) is -0.187. The van der Waals surface area contributed by atoms with E-state index in [1.54, 1.807) is 28.0 Å². The van der Waals surface area contributed by atoms with Gasteiger partial charge < -0.3 is 14.5 Å². The largest absolute Gasteiger partial charge is 0.373 e. The molecule has 1 aliphatic carbocycles. The molecule has 0 radical (unpaired) electrons. The summed E-state index contributed by atoms with van der Waals surface area (Å²) < 4.78 is 19.1. The molecule has 0 bridgehead atoms. The lowest BCUT2D eigenvalue weighted by Gasteiger charge is -2.36. The van der Waals surface area contributed by atoms with Crippen molar-refractivity contribution in [3.8, 4) is 0 Å². The Morgan fingerprint density at radius 1 is 1.03 bits per heavy atom. The maximum absolute atomic E-state index is 13.3. The second kappa shape index (κ2) is 9.55. The number of nitrogens with zero attached hydrogens (tertiary/aromatic N) is 2. The lowest BCUT2D eigenvalue weighted by atomic mass is 10.1. The minimum atomic E-state index is -0.377. The zero-order valence-corrected chi connectivity index (χ0v) is 18.4. The lowest BCUT2D eigenvalue weighted by molar-refractivity contribution is -0.0335. The van der Waals surface area contributed by atoms with Crippen LogP contribution in [-0.4, -0.2) is 60.5 Å². The van der Waals surface area contributed by atoms with E-state index in [4.69, 9.17) is 27.9 Å². The van der Waals surface area contributed by atoms with Gasteiger partial charge in [0.25, 0.3) is 11.8 Å². The number of carbonyl (C=O) groups is 2. The van der Waals surface area contributed by atoms with Gasteiger partial charge in [0.1, 0.15) is 5.82 Å². The van der Waals surface area contributed by atoms with Crippen LogP contribution < -0.4 is 0 Å². The number of morpholine rings is 1. The van der Waals surface area contributed by atoms with E-state index in [1.165, 1.54) is 24.3 Å². The van der Waals surface area contributed by atoms with Crippen LogP contribution in [0.2, 0.25) is 10.0 Å². The van der Waals surface area contributed by atoms with Crippen molar-refractivity contribution in [2.45, 2.75) is 18.9 Å².